The smallest absolute Gasteiger partial charge is 0.397 e. The van der Waals surface area contributed by atoms with E-state index in [0.717, 1.165) is 0 Å². The number of nitrogens with two attached hydrogens (primary N) is 1. The summed E-state index contributed by atoms with van der Waals surface area (Å²) in [6.07, 6.45) is -9.04. The van der Waals surface area contributed by atoms with E-state index in [2.05, 4.69) is 14.9 Å². The first-order chi connectivity index (χ1) is 9.33. The monoisotopic (exact) mass is 337 g/mol. The van der Waals surface area contributed by atoms with Gasteiger partial charge in [-0.25, -0.2) is 22.3 Å². The fourth-order valence-corrected chi connectivity index (χ4v) is 1.89. The van der Waals surface area contributed by atoms with E-state index in [1.807, 2.05) is 0 Å². The van der Waals surface area contributed by atoms with Gasteiger partial charge in [0.25, 0.3) is 21.5 Å². The molecule has 1 rings (SSSR count). The molecule has 1 aromatic rings. The molecule has 118 valence electrons. The molecule has 0 amide bonds. The molecule has 1 heterocycles. The first-order valence-corrected chi connectivity index (χ1v) is 6.13. The van der Waals surface area contributed by atoms with Crippen LogP contribution < -0.4 is 9.88 Å². The number of aromatic nitrogens is 1. The third-order valence-electron chi connectivity index (χ3n) is 1.86. The normalized spacial score (nSPS) is 12.5. The number of sulfonamides is 1. The maximum atomic E-state index is 12.6. The summed E-state index contributed by atoms with van der Waals surface area (Å²) in [5.41, 5.74) is -1.55. The summed E-state index contributed by atoms with van der Waals surface area (Å²) in [5.74, 6) is -3.41. The number of primary sulfonamides is 1. The zero-order chi connectivity index (χ0) is 16.6. The molecule has 0 atom stereocenters. The maximum absolute atomic E-state index is 12.6. The largest absolute Gasteiger partial charge is 0.573 e. The zero-order valence-corrected chi connectivity index (χ0v) is 10.3. The molecule has 2 N–H and O–H groups in total. The molecule has 0 saturated heterocycles. The topological polar surface area (TPSA) is 125 Å². The van der Waals surface area contributed by atoms with E-state index in [4.69, 9.17) is 0 Å². The number of hydrogen-bond acceptors (Lipinski definition) is 6. The molecular formula is C7H4F5N3O5S. The molecule has 0 aliphatic carbocycles. The van der Waals surface area contributed by atoms with Gasteiger partial charge in [-0.05, 0) is 9.91 Å². The molecule has 14 heteroatoms. The van der Waals surface area contributed by atoms with E-state index in [9.17, 15) is 40.5 Å². The molecule has 0 bridgehead atoms. The van der Waals surface area contributed by atoms with E-state index in [0.29, 0.717) is 0 Å². The summed E-state index contributed by atoms with van der Waals surface area (Å²) in [5, 5.41) is 13.5. The van der Waals surface area contributed by atoms with Crippen molar-refractivity contribution < 1.29 is 40.0 Å². The third kappa shape index (κ3) is 4.19. The molecule has 0 saturated carbocycles. The lowest BCUT2D eigenvalue weighted by Gasteiger charge is -2.11. The van der Waals surface area contributed by atoms with E-state index >= 15 is 0 Å². The number of nitrogens with zero attached hydrogens (tertiary/aromatic N) is 2. The van der Waals surface area contributed by atoms with Gasteiger partial charge < -0.3 is 14.9 Å². The predicted molar refractivity (Wildman–Crippen MR) is 53.9 cm³/mol. The van der Waals surface area contributed by atoms with Crippen LogP contribution >= 0.6 is 0 Å². The van der Waals surface area contributed by atoms with Gasteiger partial charge in [0, 0.05) is 6.07 Å². The molecule has 0 aliphatic rings. The van der Waals surface area contributed by atoms with Crippen molar-refractivity contribution in [2.24, 2.45) is 5.14 Å². The first kappa shape index (κ1) is 17.0. The minimum absolute atomic E-state index is 0.150. The van der Waals surface area contributed by atoms with Gasteiger partial charge in [-0.2, -0.15) is 0 Å². The van der Waals surface area contributed by atoms with Crippen LogP contribution in [0, 0.1) is 10.1 Å². The number of alkyl halides is 5. The predicted octanol–water partition coefficient (Wildman–Crippen LogP) is 1.47. The lowest BCUT2D eigenvalue weighted by Crippen LogP contribution is -2.21. The average molecular weight is 337 g/mol. The van der Waals surface area contributed by atoms with Crippen LogP contribution in [0.1, 0.15) is 12.0 Å². The fraction of sp³-hybridized carbons (Fsp3) is 0.286. The summed E-state index contributed by atoms with van der Waals surface area (Å²) in [6.45, 7) is 0. The minimum atomic E-state index is -5.44. The Morgan fingerprint density at radius 2 is 1.90 bits per heavy atom. The van der Waals surface area contributed by atoms with Gasteiger partial charge >= 0.3 is 12.2 Å². The number of ether oxygens (including phenoxy) is 1. The SMILES string of the molecule is NS(=O)(=O)c1nc([N+](=O)[O-])c(OC(F)(F)F)cc1C(F)F. The van der Waals surface area contributed by atoms with Crippen LogP contribution in [-0.4, -0.2) is 24.7 Å². The Kier molecular flexibility index (Phi) is 4.33. The van der Waals surface area contributed by atoms with Crippen molar-refractivity contribution >= 4 is 15.8 Å². The second kappa shape index (κ2) is 5.36. The summed E-state index contributed by atoms with van der Waals surface area (Å²) >= 11 is 0. The Morgan fingerprint density at radius 1 is 1.38 bits per heavy atom. The van der Waals surface area contributed by atoms with E-state index in [-0.39, 0.29) is 6.07 Å². The molecule has 21 heavy (non-hydrogen) atoms. The van der Waals surface area contributed by atoms with Crippen LogP contribution in [0.5, 0.6) is 5.75 Å². The van der Waals surface area contributed by atoms with Gasteiger partial charge in [-0.1, -0.05) is 0 Å². The van der Waals surface area contributed by atoms with Crippen molar-refractivity contribution in [1.82, 2.24) is 4.98 Å². The highest BCUT2D eigenvalue weighted by atomic mass is 32.2. The van der Waals surface area contributed by atoms with Gasteiger partial charge in [0.05, 0.1) is 5.56 Å². The zero-order valence-electron chi connectivity index (χ0n) is 9.47. The molecule has 0 aromatic carbocycles. The van der Waals surface area contributed by atoms with Crippen LogP contribution in [0.25, 0.3) is 0 Å². The van der Waals surface area contributed by atoms with E-state index < -0.39 is 49.9 Å². The third-order valence-corrected chi connectivity index (χ3v) is 2.73. The van der Waals surface area contributed by atoms with Gasteiger partial charge in [-0.15, -0.1) is 13.2 Å². The molecule has 0 radical (unpaired) electrons. The Morgan fingerprint density at radius 3 is 2.24 bits per heavy atom. The van der Waals surface area contributed by atoms with Gasteiger partial charge in [-0.3, -0.25) is 0 Å². The molecule has 0 spiro atoms. The van der Waals surface area contributed by atoms with Crippen LogP contribution in [-0.2, 0) is 10.0 Å². The van der Waals surface area contributed by atoms with Crippen molar-refractivity contribution in [2.75, 3.05) is 0 Å². The number of nitro groups is 1. The molecule has 1 aromatic heterocycles. The van der Waals surface area contributed by atoms with Gasteiger partial charge in [0.15, 0.2) is 0 Å². The van der Waals surface area contributed by atoms with Crippen molar-refractivity contribution in [2.45, 2.75) is 17.8 Å². The molecule has 0 unspecified atom stereocenters. The number of rotatable bonds is 4. The molecular weight excluding hydrogens is 333 g/mol. The maximum Gasteiger partial charge on any atom is 0.573 e. The van der Waals surface area contributed by atoms with Crippen molar-refractivity contribution in [3.8, 4) is 5.75 Å². The van der Waals surface area contributed by atoms with Crippen LogP contribution in [0.15, 0.2) is 11.1 Å². The highest BCUT2D eigenvalue weighted by Gasteiger charge is 2.39. The second-order valence-electron chi connectivity index (χ2n) is 3.36. The van der Waals surface area contributed by atoms with Crippen molar-refractivity contribution in [1.29, 1.82) is 0 Å². The fourth-order valence-electron chi connectivity index (χ4n) is 1.20. The molecule has 0 aliphatic heterocycles. The Balaban J connectivity index is 3.67. The standard InChI is InChI=1S/C7H4F5N3O5S/c8-4(9)2-1-3(20-7(10,11)12)5(15(16)17)14-6(2)21(13,18)19/h1,4H,(H2,13,18,19). The van der Waals surface area contributed by atoms with Crippen molar-refractivity contribution in [3.05, 3.63) is 21.7 Å². The van der Waals surface area contributed by atoms with Crippen molar-refractivity contribution in [3.63, 3.8) is 0 Å². The molecule has 8 nitrogen and oxygen atoms in total. The van der Waals surface area contributed by atoms with E-state index in [1.165, 1.54) is 0 Å². The average Bonchev–Trinajstić information content (AvgIpc) is 2.23. The summed E-state index contributed by atoms with van der Waals surface area (Å²) in [7, 11) is -4.93. The summed E-state index contributed by atoms with van der Waals surface area (Å²) in [4.78, 5) is 11.6. The Hall–Kier alpha value is -2.09. The second-order valence-corrected chi connectivity index (χ2v) is 4.83. The number of pyridine rings is 1. The minimum Gasteiger partial charge on any atom is -0.397 e. The van der Waals surface area contributed by atoms with Crippen LogP contribution in [0.2, 0.25) is 0 Å². The van der Waals surface area contributed by atoms with E-state index in [1.54, 1.807) is 0 Å². The summed E-state index contributed by atoms with van der Waals surface area (Å²) in [6, 6.07) is -0.150. The Labute approximate surface area is 112 Å². The highest BCUT2D eigenvalue weighted by molar-refractivity contribution is 7.89. The number of hydrogen-bond donors (Lipinski definition) is 1. The summed E-state index contributed by atoms with van der Waals surface area (Å²) < 4.78 is 86.7. The molecule has 0 fully saturated rings. The lowest BCUT2D eigenvalue weighted by atomic mass is 10.3. The van der Waals surface area contributed by atoms with Crippen LogP contribution in [0.4, 0.5) is 27.8 Å². The Bertz CT molecular complexity index is 674. The number of halogens is 5. The van der Waals surface area contributed by atoms with Gasteiger partial charge in [0.2, 0.25) is 5.75 Å². The van der Waals surface area contributed by atoms with Crippen LogP contribution in [0.3, 0.4) is 0 Å². The van der Waals surface area contributed by atoms with Gasteiger partial charge in [0.1, 0.15) is 0 Å². The first-order valence-electron chi connectivity index (χ1n) is 4.59. The highest BCUT2D eigenvalue weighted by Crippen LogP contribution is 2.36. The lowest BCUT2D eigenvalue weighted by molar-refractivity contribution is -0.393. The quantitative estimate of drug-likeness (QED) is 0.504.